The van der Waals surface area contributed by atoms with Crippen molar-refractivity contribution in [3.8, 4) is 0 Å². The summed E-state index contributed by atoms with van der Waals surface area (Å²) in [7, 11) is -3.40. The average molecular weight is 319 g/mol. The first-order chi connectivity index (χ1) is 9.03. The van der Waals surface area contributed by atoms with Crippen LogP contribution in [0.25, 0.3) is 0 Å². The number of hydrogen-bond donors (Lipinski definition) is 2. The number of nitrogens with one attached hydrogen (secondary N) is 2. The average Bonchev–Trinajstić information content (AvgIpc) is 2.38. The second kappa shape index (κ2) is 7.41. The van der Waals surface area contributed by atoms with Crippen LogP contribution < -0.4 is 10.0 Å². The molecule has 1 aliphatic rings. The normalized spacial score (nSPS) is 23.1. The summed E-state index contributed by atoms with van der Waals surface area (Å²) in [6, 6.07) is 7.61. The van der Waals surface area contributed by atoms with E-state index in [1.165, 1.54) is 0 Å². The molecule has 0 spiro atoms. The van der Waals surface area contributed by atoms with Crippen LogP contribution in [0.2, 0.25) is 0 Å². The molecule has 1 fully saturated rings. The van der Waals surface area contributed by atoms with Gasteiger partial charge in [-0.3, -0.25) is 0 Å². The van der Waals surface area contributed by atoms with E-state index >= 15 is 0 Å². The molecule has 20 heavy (non-hydrogen) atoms. The Kier molecular flexibility index (Phi) is 6.45. The first-order valence-corrected chi connectivity index (χ1v) is 8.35. The minimum absolute atomic E-state index is 0. The summed E-state index contributed by atoms with van der Waals surface area (Å²) in [4.78, 5) is 0.420. The zero-order chi connectivity index (χ0) is 13.9. The first kappa shape index (κ1) is 17.4. The number of piperidine rings is 1. The van der Waals surface area contributed by atoms with E-state index in [0.29, 0.717) is 10.9 Å². The maximum Gasteiger partial charge on any atom is 0.241 e. The van der Waals surface area contributed by atoms with Gasteiger partial charge in [-0.1, -0.05) is 25.1 Å². The Bertz CT molecular complexity index is 534. The molecule has 1 aromatic rings. The Labute approximate surface area is 127 Å². The van der Waals surface area contributed by atoms with Gasteiger partial charge < -0.3 is 5.32 Å². The van der Waals surface area contributed by atoms with E-state index in [4.69, 9.17) is 0 Å². The lowest BCUT2D eigenvalue weighted by Crippen LogP contribution is -2.46. The minimum atomic E-state index is -3.40. The van der Waals surface area contributed by atoms with Crippen LogP contribution in [0.4, 0.5) is 0 Å². The van der Waals surface area contributed by atoms with Gasteiger partial charge in [0.2, 0.25) is 10.0 Å². The molecule has 0 radical (unpaired) electrons. The number of halogens is 1. The lowest BCUT2D eigenvalue weighted by Gasteiger charge is -2.28. The molecule has 4 nitrogen and oxygen atoms in total. The van der Waals surface area contributed by atoms with Crippen LogP contribution in [0.3, 0.4) is 0 Å². The third-order valence-corrected chi connectivity index (χ3v) is 5.21. The summed E-state index contributed by atoms with van der Waals surface area (Å²) in [5.74, 6) is 0. The number of rotatable bonds is 4. The van der Waals surface area contributed by atoms with E-state index in [9.17, 15) is 8.42 Å². The molecule has 1 aliphatic heterocycles. The van der Waals surface area contributed by atoms with Crippen molar-refractivity contribution in [1.82, 2.24) is 10.0 Å². The topological polar surface area (TPSA) is 58.2 Å². The van der Waals surface area contributed by atoms with E-state index < -0.39 is 10.0 Å². The van der Waals surface area contributed by atoms with Gasteiger partial charge in [0.1, 0.15) is 0 Å². The van der Waals surface area contributed by atoms with Crippen LogP contribution in [-0.4, -0.2) is 27.0 Å². The van der Waals surface area contributed by atoms with Crippen molar-refractivity contribution in [2.75, 3.05) is 6.54 Å². The van der Waals surface area contributed by atoms with Crippen molar-refractivity contribution in [1.29, 1.82) is 0 Å². The van der Waals surface area contributed by atoms with Crippen LogP contribution in [0.5, 0.6) is 0 Å². The molecular weight excluding hydrogens is 296 g/mol. The molecule has 2 N–H and O–H groups in total. The van der Waals surface area contributed by atoms with Crippen LogP contribution in [0, 0.1) is 0 Å². The Hall–Kier alpha value is -0.620. The molecule has 1 saturated heterocycles. The number of hydrogen-bond acceptors (Lipinski definition) is 3. The van der Waals surface area contributed by atoms with Gasteiger partial charge in [-0.25, -0.2) is 13.1 Å². The largest absolute Gasteiger partial charge is 0.314 e. The quantitative estimate of drug-likeness (QED) is 0.893. The summed E-state index contributed by atoms with van der Waals surface area (Å²) in [6.45, 7) is 4.92. The Balaban J connectivity index is 0.00000200. The molecule has 114 valence electrons. The number of sulfonamides is 1. The minimum Gasteiger partial charge on any atom is -0.314 e. The van der Waals surface area contributed by atoms with E-state index in [-0.39, 0.29) is 18.4 Å². The molecule has 0 saturated carbocycles. The van der Waals surface area contributed by atoms with Crippen LogP contribution in [0.15, 0.2) is 29.2 Å². The van der Waals surface area contributed by atoms with Crippen molar-refractivity contribution in [2.24, 2.45) is 0 Å². The van der Waals surface area contributed by atoms with Crippen LogP contribution in [-0.2, 0) is 16.4 Å². The molecule has 0 bridgehead atoms. The number of benzene rings is 1. The monoisotopic (exact) mass is 318 g/mol. The van der Waals surface area contributed by atoms with Gasteiger partial charge in [-0.2, -0.15) is 0 Å². The molecule has 6 heteroatoms. The Morgan fingerprint density at radius 3 is 2.70 bits per heavy atom. The lowest BCUT2D eigenvalue weighted by molar-refractivity contribution is 0.361. The third kappa shape index (κ3) is 4.19. The van der Waals surface area contributed by atoms with E-state index in [1.54, 1.807) is 12.1 Å². The maximum atomic E-state index is 12.5. The fraction of sp³-hybridized carbons (Fsp3) is 0.571. The van der Waals surface area contributed by atoms with Gasteiger partial charge in [0.05, 0.1) is 4.90 Å². The Morgan fingerprint density at radius 1 is 1.35 bits per heavy atom. The lowest BCUT2D eigenvalue weighted by atomic mass is 10.0. The van der Waals surface area contributed by atoms with Crippen molar-refractivity contribution < 1.29 is 8.42 Å². The third-order valence-electron chi connectivity index (χ3n) is 3.59. The standard InChI is InChI=1S/C14H22N2O2S.ClH/c1-3-12-6-4-5-7-14(12)19(17,18)16-13-8-9-15-11(2)10-13;/h4-7,11,13,15-16H,3,8-10H2,1-2H3;1H. The summed E-state index contributed by atoms with van der Waals surface area (Å²) in [5, 5.41) is 3.33. The molecule has 1 aromatic carbocycles. The van der Waals surface area contributed by atoms with E-state index in [0.717, 1.165) is 31.4 Å². The molecule has 0 amide bonds. The van der Waals surface area contributed by atoms with Gasteiger partial charge in [0, 0.05) is 12.1 Å². The van der Waals surface area contributed by atoms with Crippen molar-refractivity contribution >= 4 is 22.4 Å². The zero-order valence-corrected chi connectivity index (χ0v) is 13.6. The molecule has 2 unspecified atom stereocenters. The first-order valence-electron chi connectivity index (χ1n) is 6.86. The van der Waals surface area contributed by atoms with Gasteiger partial charge in [0.15, 0.2) is 0 Å². The molecule has 2 rings (SSSR count). The maximum absolute atomic E-state index is 12.5. The predicted molar refractivity (Wildman–Crippen MR) is 83.9 cm³/mol. The molecular formula is C14H23ClN2O2S. The van der Waals surface area contributed by atoms with Gasteiger partial charge in [-0.15, -0.1) is 12.4 Å². The molecule has 2 atom stereocenters. The van der Waals surface area contributed by atoms with Crippen molar-refractivity contribution in [3.63, 3.8) is 0 Å². The van der Waals surface area contributed by atoms with Gasteiger partial charge >= 0.3 is 0 Å². The van der Waals surface area contributed by atoms with Gasteiger partial charge in [0.25, 0.3) is 0 Å². The summed E-state index contributed by atoms with van der Waals surface area (Å²) >= 11 is 0. The van der Waals surface area contributed by atoms with Crippen molar-refractivity contribution in [3.05, 3.63) is 29.8 Å². The highest BCUT2D eigenvalue weighted by molar-refractivity contribution is 7.89. The van der Waals surface area contributed by atoms with Crippen molar-refractivity contribution in [2.45, 2.75) is 50.1 Å². The fourth-order valence-corrected chi connectivity index (χ4v) is 4.18. The zero-order valence-electron chi connectivity index (χ0n) is 11.9. The highest BCUT2D eigenvalue weighted by Crippen LogP contribution is 2.18. The Morgan fingerprint density at radius 2 is 2.05 bits per heavy atom. The SMILES string of the molecule is CCc1ccccc1S(=O)(=O)NC1CCNC(C)C1.Cl. The summed E-state index contributed by atoms with van der Waals surface area (Å²) in [5.41, 5.74) is 0.872. The van der Waals surface area contributed by atoms with E-state index in [1.807, 2.05) is 19.1 Å². The number of aryl methyl sites for hydroxylation is 1. The second-order valence-corrected chi connectivity index (χ2v) is 6.84. The summed E-state index contributed by atoms with van der Waals surface area (Å²) < 4.78 is 27.8. The molecule has 0 aliphatic carbocycles. The van der Waals surface area contributed by atoms with E-state index in [2.05, 4.69) is 17.0 Å². The predicted octanol–water partition coefficient (Wildman–Crippen LogP) is 2.09. The second-order valence-electron chi connectivity index (χ2n) is 5.16. The van der Waals surface area contributed by atoms with Crippen LogP contribution >= 0.6 is 12.4 Å². The smallest absolute Gasteiger partial charge is 0.241 e. The summed E-state index contributed by atoms with van der Waals surface area (Å²) in [6.07, 6.45) is 2.41. The highest BCUT2D eigenvalue weighted by atomic mass is 35.5. The van der Waals surface area contributed by atoms with Crippen LogP contribution in [0.1, 0.15) is 32.3 Å². The fourth-order valence-electron chi connectivity index (χ4n) is 2.58. The highest BCUT2D eigenvalue weighted by Gasteiger charge is 2.25. The molecule has 1 heterocycles. The van der Waals surface area contributed by atoms with Gasteiger partial charge in [-0.05, 0) is 44.4 Å². The molecule has 0 aromatic heterocycles.